The Morgan fingerprint density at radius 2 is 2.12 bits per heavy atom. The van der Waals surface area contributed by atoms with Crippen molar-refractivity contribution in [2.75, 3.05) is 6.54 Å². The smallest absolute Gasteiger partial charge is 0.248 e. The van der Waals surface area contributed by atoms with Crippen LogP contribution in [-0.2, 0) is 6.54 Å². The van der Waals surface area contributed by atoms with Crippen molar-refractivity contribution in [3.05, 3.63) is 36.0 Å². The highest BCUT2D eigenvalue weighted by Crippen LogP contribution is 2.17. The fourth-order valence-corrected chi connectivity index (χ4v) is 1.81. The van der Waals surface area contributed by atoms with Crippen LogP contribution in [0.1, 0.15) is 16.8 Å². The van der Waals surface area contributed by atoms with E-state index in [9.17, 15) is 4.79 Å². The molecular formula is C12H15N3O. The molecule has 1 amide bonds. The minimum Gasteiger partial charge on any atom is -0.366 e. The van der Waals surface area contributed by atoms with E-state index in [-0.39, 0.29) is 0 Å². The Balaban J connectivity index is 2.38. The normalized spacial score (nSPS) is 10.8. The minimum atomic E-state index is -0.392. The molecule has 0 fully saturated rings. The van der Waals surface area contributed by atoms with Crippen molar-refractivity contribution in [2.24, 2.45) is 11.5 Å². The van der Waals surface area contributed by atoms with Crippen LogP contribution in [-0.4, -0.2) is 17.0 Å². The Bertz CT molecular complexity index is 516. The van der Waals surface area contributed by atoms with Crippen molar-refractivity contribution >= 4 is 16.8 Å². The minimum absolute atomic E-state index is 0.392. The van der Waals surface area contributed by atoms with Gasteiger partial charge in [-0.15, -0.1) is 0 Å². The van der Waals surface area contributed by atoms with Crippen molar-refractivity contribution in [1.82, 2.24) is 4.57 Å². The fraction of sp³-hybridized carbons (Fsp3) is 0.250. The molecule has 2 aromatic rings. The van der Waals surface area contributed by atoms with E-state index in [1.165, 1.54) is 0 Å². The molecule has 0 aliphatic carbocycles. The summed E-state index contributed by atoms with van der Waals surface area (Å²) in [6.45, 7) is 1.58. The number of hydrogen-bond acceptors (Lipinski definition) is 2. The summed E-state index contributed by atoms with van der Waals surface area (Å²) in [5, 5.41) is 1.04. The summed E-state index contributed by atoms with van der Waals surface area (Å²) in [4.78, 5) is 11.0. The topological polar surface area (TPSA) is 74.0 Å². The van der Waals surface area contributed by atoms with Gasteiger partial charge >= 0.3 is 0 Å². The third kappa shape index (κ3) is 1.92. The molecule has 1 aromatic carbocycles. The molecule has 0 saturated carbocycles. The summed E-state index contributed by atoms with van der Waals surface area (Å²) in [7, 11) is 0. The van der Waals surface area contributed by atoms with Gasteiger partial charge in [0.05, 0.1) is 0 Å². The predicted octanol–water partition coefficient (Wildman–Crippen LogP) is 1.09. The summed E-state index contributed by atoms with van der Waals surface area (Å²) in [5.41, 5.74) is 12.4. The second-order valence-corrected chi connectivity index (χ2v) is 3.79. The quantitative estimate of drug-likeness (QED) is 0.804. The van der Waals surface area contributed by atoms with Crippen LogP contribution in [0.3, 0.4) is 0 Å². The zero-order valence-electron chi connectivity index (χ0n) is 9.02. The number of amides is 1. The number of rotatable bonds is 4. The maximum Gasteiger partial charge on any atom is 0.248 e. The largest absolute Gasteiger partial charge is 0.366 e. The number of nitrogens with two attached hydrogens (primary N) is 2. The number of hydrogen-bond donors (Lipinski definition) is 2. The first-order valence-corrected chi connectivity index (χ1v) is 5.31. The predicted molar refractivity (Wildman–Crippen MR) is 64.1 cm³/mol. The van der Waals surface area contributed by atoms with Gasteiger partial charge in [-0.2, -0.15) is 0 Å². The SMILES string of the molecule is NCCCn1ccc2cc(C(N)=O)ccc21. The Morgan fingerprint density at radius 3 is 2.81 bits per heavy atom. The fourth-order valence-electron chi connectivity index (χ4n) is 1.81. The van der Waals surface area contributed by atoms with Crippen LogP contribution in [0.4, 0.5) is 0 Å². The Kier molecular flexibility index (Phi) is 2.92. The lowest BCUT2D eigenvalue weighted by atomic mass is 10.1. The summed E-state index contributed by atoms with van der Waals surface area (Å²) in [6.07, 6.45) is 2.95. The van der Waals surface area contributed by atoms with E-state index >= 15 is 0 Å². The first-order chi connectivity index (χ1) is 7.72. The van der Waals surface area contributed by atoms with Crippen molar-refractivity contribution in [2.45, 2.75) is 13.0 Å². The lowest BCUT2D eigenvalue weighted by molar-refractivity contribution is 0.100. The highest BCUT2D eigenvalue weighted by molar-refractivity contribution is 5.97. The van der Waals surface area contributed by atoms with E-state index in [4.69, 9.17) is 11.5 Å². The van der Waals surface area contributed by atoms with Crippen LogP contribution >= 0.6 is 0 Å². The molecule has 4 nitrogen and oxygen atoms in total. The summed E-state index contributed by atoms with van der Waals surface area (Å²) < 4.78 is 2.13. The van der Waals surface area contributed by atoms with Gasteiger partial charge in [-0.05, 0) is 37.2 Å². The van der Waals surface area contributed by atoms with Gasteiger partial charge in [-0.25, -0.2) is 0 Å². The van der Waals surface area contributed by atoms with Gasteiger partial charge in [0.1, 0.15) is 0 Å². The maximum atomic E-state index is 11.0. The molecule has 0 aliphatic rings. The summed E-state index contributed by atoms with van der Waals surface area (Å²) in [5.74, 6) is -0.392. The number of aryl methyl sites for hydroxylation is 1. The molecule has 1 heterocycles. The van der Waals surface area contributed by atoms with Crippen LogP contribution in [0.2, 0.25) is 0 Å². The second kappa shape index (κ2) is 4.37. The highest BCUT2D eigenvalue weighted by Gasteiger charge is 2.04. The number of primary amides is 1. The molecule has 0 aliphatic heterocycles. The van der Waals surface area contributed by atoms with Gasteiger partial charge < -0.3 is 16.0 Å². The van der Waals surface area contributed by atoms with Gasteiger partial charge in [0.2, 0.25) is 5.91 Å². The molecule has 0 saturated heterocycles. The van der Waals surface area contributed by atoms with Crippen molar-refractivity contribution in [3.63, 3.8) is 0 Å². The zero-order chi connectivity index (χ0) is 11.5. The number of nitrogens with zero attached hydrogens (tertiary/aromatic N) is 1. The van der Waals surface area contributed by atoms with Crippen LogP contribution in [0.15, 0.2) is 30.5 Å². The van der Waals surface area contributed by atoms with Gasteiger partial charge in [0.25, 0.3) is 0 Å². The molecule has 1 aromatic heterocycles. The van der Waals surface area contributed by atoms with Crippen molar-refractivity contribution in [3.8, 4) is 0 Å². The second-order valence-electron chi connectivity index (χ2n) is 3.79. The van der Waals surface area contributed by atoms with Crippen LogP contribution in [0.25, 0.3) is 10.9 Å². The summed E-state index contributed by atoms with van der Waals surface area (Å²) in [6, 6.07) is 7.48. The molecule has 2 rings (SSSR count). The van der Waals surface area contributed by atoms with E-state index in [1.807, 2.05) is 24.4 Å². The molecule has 4 N–H and O–H groups in total. The number of fused-ring (bicyclic) bond motifs is 1. The number of carbonyl (C=O) groups is 1. The highest BCUT2D eigenvalue weighted by atomic mass is 16.1. The first-order valence-electron chi connectivity index (χ1n) is 5.31. The molecule has 0 radical (unpaired) electrons. The van der Waals surface area contributed by atoms with E-state index in [2.05, 4.69) is 4.57 Å². The van der Waals surface area contributed by atoms with E-state index in [0.717, 1.165) is 23.9 Å². The molecule has 4 heteroatoms. The summed E-state index contributed by atoms with van der Waals surface area (Å²) >= 11 is 0. The first kappa shape index (κ1) is 10.7. The third-order valence-corrected chi connectivity index (χ3v) is 2.66. The van der Waals surface area contributed by atoms with Gasteiger partial charge in [-0.1, -0.05) is 0 Å². The van der Waals surface area contributed by atoms with Crippen molar-refractivity contribution in [1.29, 1.82) is 0 Å². The van der Waals surface area contributed by atoms with Crippen molar-refractivity contribution < 1.29 is 4.79 Å². The zero-order valence-corrected chi connectivity index (χ0v) is 9.02. The van der Waals surface area contributed by atoms with Crippen LogP contribution in [0.5, 0.6) is 0 Å². The van der Waals surface area contributed by atoms with Crippen LogP contribution in [0, 0.1) is 0 Å². The van der Waals surface area contributed by atoms with E-state index in [1.54, 1.807) is 6.07 Å². The molecule has 0 unspecified atom stereocenters. The lowest BCUT2D eigenvalue weighted by Crippen LogP contribution is -2.10. The van der Waals surface area contributed by atoms with Crippen LogP contribution < -0.4 is 11.5 Å². The van der Waals surface area contributed by atoms with E-state index in [0.29, 0.717) is 12.1 Å². The molecule has 0 spiro atoms. The standard InChI is InChI=1S/C12H15N3O/c13-5-1-6-15-7-4-9-8-10(12(14)16)2-3-11(9)15/h2-4,7-8H,1,5-6,13H2,(H2,14,16). The van der Waals surface area contributed by atoms with Gasteiger partial charge in [0, 0.05) is 29.2 Å². The lowest BCUT2D eigenvalue weighted by Gasteiger charge is -2.04. The van der Waals surface area contributed by atoms with E-state index < -0.39 is 5.91 Å². The number of benzene rings is 1. The molecule has 0 atom stereocenters. The Hall–Kier alpha value is -1.81. The van der Waals surface area contributed by atoms with Gasteiger partial charge in [-0.3, -0.25) is 4.79 Å². The Morgan fingerprint density at radius 1 is 1.31 bits per heavy atom. The molecule has 84 valence electrons. The molecule has 0 bridgehead atoms. The average molecular weight is 217 g/mol. The third-order valence-electron chi connectivity index (χ3n) is 2.66. The maximum absolute atomic E-state index is 11.0. The number of aromatic nitrogens is 1. The number of carbonyl (C=O) groups excluding carboxylic acids is 1. The molecular weight excluding hydrogens is 202 g/mol. The Labute approximate surface area is 93.8 Å². The molecule has 16 heavy (non-hydrogen) atoms. The monoisotopic (exact) mass is 217 g/mol. The average Bonchev–Trinajstić information content (AvgIpc) is 2.68. The van der Waals surface area contributed by atoms with Gasteiger partial charge in [0.15, 0.2) is 0 Å².